The Labute approximate surface area is 105 Å². The van der Waals surface area contributed by atoms with Crippen molar-refractivity contribution in [1.29, 1.82) is 0 Å². The highest BCUT2D eigenvalue weighted by molar-refractivity contribution is 14.1. The first-order valence-corrected chi connectivity index (χ1v) is 5.84. The number of nitro groups is 1. The molecule has 1 rings (SSSR count). The van der Waals surface area contributed by atoms with Crippen molar-refractivity contribution >= 4 is 44.2 Å². The molecule has 0 bridgehead atoms. The van der Waals surface area contributed by atoms with E-state index in [9.17, 15) is 18.9 Å². The van der Waals surface area contributed by atoms with Crippen LogP contribution in [0.25, 0.3) is 0 Å². The highest BCUT2D eigenvalue weighted by atomic mass is 127. The summed E-state index contributed by atoms with van der Waals surface area (Å²) in [5, 5.41) is 10.8. The Morgan fingerprint density at radius 1 is 1.67 bits per heavy atom. The van der Waals surface area contributed by atoms with E-state index < -0.39 is 22.6 Å². The number of pyridine rings is 1. The molecule has 0 aromatic carbocycles. The minimum atomic E-state index is -2.88. The van der Waals surface area contributed by atoms with Crippen LogP contribution in [0.1, 0.15) is 17.7 Å². The Morgan fingerprint density at radius 2 is 2.27 bits per heavy atom. The summed E-state index contributed by atoms with van der Waals surface area (Å²) >= 11 is 4.71. The number of aromatic nitrogens is 1. The van der Waals surface area contributed by atoms with E-state index in [0.717, 1.165) is 6.20 Å². The number of rotatable bonds is 3. The van der Waals surface area contributed by atoms with Crippen LogP contribution >= 0.6 is 38.5 Å². The van der Waals surface area contributed by atoms with E-state index in [1.165, 1.54) is 0 Å². The minimum Gasteiger partial charge on any atom is -0.258 e. The molecule has 0 fully saturated rings. The molecule has 4 nitrogen and oxygen atoms in total. The normalized spacial score (nSPS) is 10.7. The fourth-order valence-corrected chi connectivity index (χ4v) is 2.77. The summed E-state index contributed by atoms with van der Waals surface area (Å²) in [5.41, 5.74) is -0.833. The highest BCUT2D eigenvalue weighted by Gasteiger charge is 2.27. The summed E-state index contributed by atoms with van der Waals surface area (Å²) in [7, 11) is 0. The molecule has 0 unspecified atom stereocenters. The standard InChI is InChI=1S/C7H4BrF2IN2O2/c8-1-3-6(11)5(7(9)10)4(2-12-3)13(14)15/h2,7H,1H2. The molecule has 15 heavy (non-hydrogen) atoms. The lowest BCUT2D eigenvalue weighted by Gasteiger charge is -2.06. The van der Waals surface area contributed by atoms with Crippen molar-refractivity contribution in [3.8, 4) is 0 Å². The van der Waals surface area contributed by atoms with Gasteiger partial charge in [-0.1, -0.05) is 15.9 Å². The van der Waals surface area contributed by atoms with Gasteiger partial charge in [0.1, 0.15) is 11.8 Å². The fraction of sp³-hybridized carbons (Fsp3) is 0.286. The first kappa shape index (κ1) is 12.7. The van der Waals surface area contributed by atoms with Crippen LogP contribution in [-0.2, 0) is 5.33 Å². The molecule has 1 aromatic heterocycles. The second-order valence-corrected chi connectivity index (χ2v) is 4.15. The number of hydrogen-bond donors (Lipinski definition) is 0. The van der Waals surface area contributed by atoms with Gasteiger partial charge in [-0.05, 0) is 22.6 Å². The maximum atomic E-state index is 12.6. The molecule has 0 atom stereocenters. The molecule has 82 valence electrons. The van der Waals surface area contributed by atoms with Gasteiger partial charge in [0.15, 0.2) is 0 Å². The van der Waals surface area contributed by atoms with Crippen LogP contribution in [0, 0.1) is 13.7 Å². The van der Waals surface area contributed by atoms with E-state index in [0.29, 0.717) is 5.69 Å². The number of alkyl halides is 3. The van der Waals surface area contributed by atoms with Crippen LogP contribution in [0.2, 0.25) is 0 Å². The van der Waals surface area contributed by atoms with Crippen LogP contribution in [0.3, 0.4) is 0 Å². The van der Waals surface area contributed by atoms with Crippen LogP contribution in [0.15, 0.2) is 6.20 Å². The molecule has 0 aliphatic rings. The molecule has 8 heteroatoms. The van der Waals surface area contributed by atoms with Gasteiger partial charge in [-0.25, -0.2) is 8.78 Å². The third-order valence-electron chi connectivity index (χ3n) is 1.65. The molecule has 0 saturated carbocycles. The number of halogens is 4. The molecule has 0 saturated heterocycles. The van der Waals surface area contributed by atoms with E-state index in [-0.39, 0.29) is 8.90 Å². The van der Waals surface area contributed by atoms with E-state index in [1.54, 1.807) is 22.6 Å². The van der Waals surface area contributed by atoms with E-state index in [2.05, 4.69) is 20.9 Å². The molecule has 0 spiro atoms. The Kier molecular flexibility index (Phi) is 4.32. The number of nitrogens with zero attached hydrogens (tertiary/aromatic N) is 2. The predicted molar refractivity (Wildman–Crippen MR) is 61.2 cm³/mol. The van der Waals surface area contributed by atoms with Gasteiger partial charge in [0, 0.05) is 5.33 Å². The van der Waals surface area contributed by atoms with E-state index >= 15 is 0 Å². The molecule has 1 heterocycles. The SMILES string of the molecule is O=[N+]([O-])c1cnc(CBr)c(I)c1C(F)F. The molecular weight excluding hydrogens is 389 g/mol. The van der Waals surface area contributed by atoms with Crippen molar-refractivity contribution in [2.24, 2.45) is 0 Å². The summed E-state index contributed by atoms with van der Waals surface area (Å²) in [5.74, 6) is 0. The molecule has 0 aliphatic heterocycles. The molecule has 1 aromatic rings. The predicted octanol–water partition coefficient (Wildman–Crippen LogP) is 3.43. The van der Waals surface area contributed by atoms with Crippen molar-refractivity contribution in [3.63, 3.8) is 0 Å². The monoisotopic (exact) mass is 392 g/mol. The van der Waals surface area contributed by atoms with Crippen molar-refractivity contribution in [3.05, 3.63) is 31.1 Å². The van der Waals surface area contributed by atoms with Gasteiger partial charge in [0.2, 0.25) is 0 Å². The average molecular weight is 393 g/mol. The van der Waals surface area contributed by atoms with Crippen LogP contribution < -0.4 is 0 Å². The van der Waals surface area contributed by atoms with Crippen molar-refractivity contribution in [2.45, 2.75) is 11.8 Å². The third-order valence-corrected chi connectivity index (χ3v) is 3.38. The Bertz CT molecular complexity index is 403. The summed E-state index contributed by atoms with van der Waals surface area (Å²) in [4.78, 5) is 13.4. The van der Waals surface area contributed by atoms with Crippen LogP contribution in [0.5, 0.6) is 0 Å². The van der Waals surface area contributed by atoms with Gasteiger partial charge < -0.3 is 0 Å². The lowest BCUT2D eigenvalue weighted by atomic mass is 10.2. The zero-order chi connectivity index (χ0) is 11.6. The largest absolute Gasteiger partial charge is 0.297 e. The van der Waals surface area contributed by atoms with Crippen molar-refractivity contribution in [2.75, 3.05) is 0 Å². The summed E-state index contributed by atoms with van der Waals surface area (Å²) in [6.07, 6.45) is -2.02. The Balaban J connectivity index is 3.44. The lowest BCUT2D eigenvalue weighted by Crippen LogP contribution is -2.03. The third kappa shape index (κ3) is 2.60. The van der Waals surface area contributed by atoms with Gasteiger partial charge in [0.05, 0.1) is 14.2 Å². The van der Waals surface area contributed by atoms with Gasteiger partial charge in [-0.2, -0.15) is 0 Å². The zero-order valence-corrected chi connectivity index (χ0v) is 10.8. The maximum Gasteiger partial charge on any atom is 0.297 e. The molecule has 0 aliphatic carbocycles. The smallest absolute Gasteiger partial charge is 0.258 e. The van der Waals surface area contributed by atoms with Crippen LogP contribution in [-0.4, -0.2) is 9.91 Å². The topological polar surface area (TPSA) is 56.0 Å². The van der Waals surface area contributed by atoms with E-state index in [4.69, 9.17) is 0 Å². The second kappa shape index (κ2) is 5.10. The highest BCUT2D eigenvalue weighted by Crippen LogP contribution is 2.34. The van der Waals surface area contributed by atoms with Gasteiger partial charge in [0.25, 0.3) is 12.1 Å². The molecule has 0 amide bonds. The fourth-order valence-electron chi connectivity index (χ4n) is 0.979. The summed E-state index contributed by atoms with van der Waals surface area (Å²) in [6, 6.07) is 0. The first-order valence-electron chi connectivity index (χ1n) is 3.64. The first-order chi connectivity index (χ1) is 6.99. The molecular formula is C7H4BrF2IN2O2. The van der Waals surface area contributed by atoms with Crippen LogP contribution in [0.4, 0.5) is 14.5 Å². The lowest BCUT2D eigenvalue weighted by molar-refractivity contribution is -0.386. The maximum absolute atomic E-state index is 12.6. The Morgan fingerprint density at radius 3 is 2.67 bits per heavy atom. The molecule has 0 N–H and O–H groups in total. The number of hydrogen-bond acceptors (Lipinski definition) is 3. The minimum absolute atomic E-state index is 0.133. The average Bonchev–Trinajstić information content (AvgIpc) is 2.16. The zero-order valence-electron chi connectivity index (χ0n) is 7.08. The van der Waals surface area contributed by atoms with Crippen molar-refractivity contribution in [1.82, 2.24) is 4.98 Å². The van der Waals surface area contributed by atoms with E-state index in [1.807, 2.05) is 0 Å². The van der Waals surface area contributed by atoms with Gasteiger partial charge in [-0.3, -0.25) is 15.1 Å². The quantitative estimate of drug-likeness (QED) is 0.343. The summed E-state index contributed by atoms with van der Waals surface area (Å²) < 4.78 is 25.4. The second-order valence-electron chi connectivity index (χ2n) is 2.51. The summed E-state index contributed by atoms with van der Waals surface area (Å²) in [6.45, 7) is 0. The molecule has 0 radical (unpaired) electrons. The van der Waals surface area contributed by atoms with Gasteiger partial charge >= 0.3 is 0 Å². The van der Waals surface area contributed by atoms with Gasteiger partial charge in [-0.15, -0.1) is 0 Å². The Hall–Kier alpha value is -0.380. The van der Waals surface area contributed by atoms with Crippen molar-refractivity contribution < 1.29 is 13.7 Å².